The zero-order valence-corrected chi connectivity index (χ0v) is 17.6. The smallest absolute Gasteiger partial charge is 0.161 e. The summed E-state index contributed by atoms with van der Waals surface area (Å²) in [5.41, 5.74) is 8.30. The molecule has 0 saturated heterocycles. The van der Waals surface area contributed by atoms with Crippen molar-refractivity contribution in [1.82, 2.24) is 4.90 Å². The van der Waals surface area contributed by atoms with E-state index in [0.717, 1.165) is 37.4 Å². The van der Waals surface area contributed by atoms with Crippen LogP contribution in [0.4, 0.5) is 0 Å². The molecule has 3 aromatic rings. The maximum Gasteiger partial charge on any atom is 0.161 e. The van der Waals surface area contributed by atoms with Gasteiger partial charge in [-0.15, -0.1) is 0 Å². The summed E-state index contributed by atoms with van der Waals surface area (Å²) in [4.78, 5) is 2.63. The number of hydrogen-bond donors (Lipinski definition) is 0. The molecule has 30 heavy (non-hydrogen) atoms. The Labute approximate surface area is 178 Å². The maximum atomic E-state index is 5.63. The van der Waals surface area contributed by atoms with Crippen LogP contribution in [0.3, 0.4) is 0 Å². The molecule has 152 valence electrons. The Hall–Kier alpha value is -3.04. The van der Waals surface area contributed by atoms with Gasteiger partial charge in [-0.05, 0) is 58.4 Å². The maximum absolute atomic E-state index is 5.63. The van der Waals surface area contributed by atoms with E-state index in [-0.39, 0.29) is 0 Å². The van der Waals surface area contributed by atoms with Gasteiger partial charge in [-0.2, -0.15) is 0 Å². The molecule has 0 saturated carbocycles. The van der Waals surface area contributed by atoms with Crippen molar-refractivity contribution in [1.29, 1.82) is 0 Å². The number of nitrogens with zero attached hydrogens (tertiary/aromatic N) is 1. The minimum Gasteiger partial charge on any atom is -0.493 e. The topological polar surface area (TPSA) is 21.7 Å². The Bertz CT molecular complexity index is 1070. The summed E-state index contributed by atoms with van der Waals surface area (Å²) >= 11 is 0. The lowest BCUT2D eigenvalue weighted by Crippen LogP contribution is -2.39. The summed E-state index contributed by atoms with van der Waals surface area (Å²) in [6.07, 6.45) is 2.03. The highest BCUT2D eigenvalue weighted by Crippen LogP contribution is 2.46. The SMILES string of the molecule is COc1cc2c(cc1OC)[C@@H]1CC(c3ccccc3)=C(c3ccccc3)CN1CC2. The van der Waals surface area contributed by atoms with Crippen LogP contribution in [0.15, 0.2) is 72.8 Å². The monoisotopic (exact) mass is 397 g/mol. The molecular weight excluding hydrogens is 370 g/mol. The van der Waals surface area contributed by atoms with Gasteiger partial charge in [-0.25, -0.2) is 0 Å². The Morgan fingerprint density at radius 3 is 2.00 bits per heavy atom. The molecule has 1 atom stereocenters. The van der Waals surface area contributed by atoms with Crippen LogP contribution in [0.5, 0.6) is 11.5 Å². The van der Waals surface area contributed by atoms with E-state index in [1.54, 1.807) is 14.2 Å². The van der Waals surface area contributed by atoms with E-state index in [9.17, 15) is 0 Å². The molecule has 0 bridgehead atoms. The van der Waals surface area contributed by atoms with Gasteiger partial charge >= 0.3 is 0 Å². The molecule has 0 spiro atoms. The Morgan fingerprint density at radius 2 is 1.37 bits per heavy atom. The zero-order chi connectivity index (χ0) is 20.5. The minimum absolute atomic E-state index is 0.358. The highest BCUT2D eigenvalue weighted by molar-refractivity contribution is 5.93. The van der Waals surface area contributed by atoms with Crippen LogP contribution in [-0.4, -0.2) is 32.2 Å². The van der Waals surface area contributed by atoms with Gasteiger partial charge < -0.3 is 9.47 Å². The lowest BCUT2D eigenvalue weighted by molar-refractivity contribution is 0.205. The van der Waals surface area contributed by atoms with Gasteiger partial charge in [-0.1, -0.05) is 60.7 Å². The van der Waals surface area contributed by atoms with Crippen molar-refractivity contribution in [3.05, 3.63) is 95.1 Å². The second kappa shape index (κ2) is 8.00. The molecule has 0 radical (unpaired) electrons. The second-order valence-electron chi connectivity index (χ2n) is 8.04. The molecule has 0 N–H and O–H groups in total. The summed E-state index contributed by atoms with van der Waals surface area (Å²) < 4.78 is 11.2. The zero-order valence-electron chi connectivity index (χ0n) is 17.6. The summed E-state index contributed by atoms with van der Waals surface area (Å²) in [5.74, 6) is 1.64. The van der Waals surface area contributed by atoms with E-state index in [0.29, 0.717) is 6.04 Å². The fraction of sp³-hybridized carbons (Fsp3) is 0.259. The highest BCUT2D eigenvalue weighted by Gasteiger charge is 2.34. The van der Waals surface area contributed by atoms with Crippen LogP contribution in [-0.2, 0) is 6.42 Å². The molecule has 3 nitrogen and oxygen atoms in total. The molecule has 2 aliphatic heterocycles. The van der Waals surface area contributed by atoms with E-state index < -0.39 is 0 Å². The van der Waals surface area contributed by atoms with Crippen LogP contribution in [0, 0.1) is 0 Å². The van der Waals surface area contributed by atoms with E-state index in [1.807, 2.05) is 0 Å². The lowest BCUT2D eigenvalue weighted by atomic mass is 9.80. The van der Waals surface area contributed by atoms with Gasteiger partial charge in [0.2, 0.25) is 0 Å². The number of hydrogen-bond acceptors (Lipinski definition) is 3. The van der Waals surface area contributed by atoms with E-state index >= 15 is 0 Å². The van der Waals surface area contributed by atoms with Gasteiger partial charge in [0.15, 0.2) is 11.5 Å². The van der Waals surface area contributed by atoms with Crippen molar-refractivity contribution < 1.29 is 9.47 Å². The van der Waals surface area contributed by atoms with Crippen molar-refractivity contribution in [2.24, 2.45) is 0 Å². The summed E-state index contributed by atoms with van der Waals surface area (Å²) in [6.45, 7) is 2.03. The summed E-state index contributed by atoms with van der Waals surface area (Å²) in [6, 6.07) is 26.4. The number of rotatable bonds is 4. The van der Waals surface area contributed by atoms with Crippen LogP contribution in [0.25, 0.3) is 11.1 Å². The highest BCUT2D eigenvalue weighted by atomic mass is 16.5. The van der Waals surface area contributed by atoms with Gasteiger partial charge in [0.25, 0.3) is 0 Å². The number of fused-ring (bicyclic) bond motifs is 3. The van der Waals surface area contributed by atoms with Crippen LogP contribution >= 0.6 is 0 Å². The van der Waals surface area contributed by atoms with Crippen molar-refractivity contribution in [2.75, 3.05) is 27.3 Å². The Kier molecular flexibility index (Phi) is 5.06. The number of benzene rings is 3. The summed E-state index contributed by atoms with van der Waals surface area (Å²) in [5, 5.41) is 0. The van der Waals surface area contributed by atoms with E-state index in [1.165, 1.54) is 33.4 Å². The molecular formula is C27H27NO2. The molecule has 0 fully saturated rings. The largest absolute Gasteiger partial charge is 0.493 e. The number of methoxy groups -OCH3 is 2. The molecule has 3 heteroatoms. The van der Waals surface area contributed by atoms with Gasteiger partial charge in [-0.3, -0.25) is 4.90 Å². The lowest BCUT2D eigenvalue weighted by Gasteiger charge is -2.43. The van der Waals surface area contributed by atoms with E-state index in [2.05, 4.69) is 77.7 Å². The van der Waals surface area contributed by atoms with Crippen molar-refractivity contribution >= 4 is 11.1 Å². The Balaban J connectivity index is 1.63. The summed E-state index contributed by atoms with van der Waals surface area (Å²) in [7, 11) is 3.43. The first-order chi connectivity index (χ1) is 14.8. The fourth-order valence-corrected chi connectivity index (χ4v) is 4.96. The second-order valence-corrected chi connectivity index (χ2v) is 8.04. The third-order valence-electron chi connectivity index (χ3n) is 6.48. The third-order valence-corrected chi connectivity index (χ3v) is 6.48. The van der Waals surface area contributed by atoms with Crippen molar-refractivity contribution in [3.63, 3.8) is 0 Å². The van der Waals surface area contributed by atoms with Crippen LogP contribution in [0.2, 0.25) is 0 Å². The molecule has 5 rings (SSSR count). The van der Waals surface area contributed by atoms with Crippen molar-refractivity contribution in [3.8, 4) is 11.5 Å². The first kappa shape index (κ1) is 19.0. The van der Waals surface area contributed by atoms with Gasteiger partial charge in [0.05, 0.1) is 14.2 Å². The first-order valence-electron chi connectivity index (χ1n) is 10.6. The average molecular weight is 398 g/mol. The third kappa shape index (κ3) is 3.29. The minimum atomic E-state index is 0.358. The average Bonchev–Trinajstić information content (AvgIpc) is 2.83. The molecule has 0 unspecified atom stereocenters. The molecule has 0 aromatic heterocycles. The molecule has 2 aliphatic rings. The number of ether oxygens (including phenoxy) is 2. The van der Waals surface area contributed by atoms with Crippen LogP contribution < -0.4 is 9.47 Å². The molecule has 0 amide bonds. The van der Waals surface area contributed by atoms with Crippen molar-refractivity contribution in [2.45, 2.75) is 18.9 Å². The molecule has 2 heterocycles. The van der Waals surface area contributed by atoms with Gasteiger partial charge in [0, 0.05) is 19.1 Å². The normalized spacial score (nSPS) is 18.5. The van der Waals surface area contributed by atoms with E-state index in [4.69, 9.17) is 9.47 Å². The van der Waals surface area contributed by atoms with Gasteiger partial charge in [0.1, 0.15) is 0 Å². The van der Waals surface area contributed by atoms with Crippen LogP contribution in [0.1, 0.15) is 34.7 Å². The Morgan fingerprint density at radius 1 is 0.767 bits per heavy atom. The fourth-order valence-electron chi connectivity index (χ4n) is 4.96. The first-order valence-corrected chi connectivity index (χ1v) is 10.6. The molecule has 0 aliphatic carbocycles. The quantitative estimate of drug-likeness (QED) is 0.570. The molecule has 3 aromatic carbocycles. The standard InChI is InChI=1S/C27H27NO2/c1-29-26-15-21-13-14-28-18-24(20-11-7-4-8-12-20)22(19-9-5-3-6-10-19)16-25(28)23(21)17-27(26)30-2/h3-12,15,17,25H,13-14,16,18H2,1-2H3/t25-/m0/s1. The predicted octanol–water partition coefficient (Wildman–Crippen LogP) is 5.62. The predicted molar refractivity (Wildman–Crippen MR) is 122 cm³/mol.